The molecule has 1 aliphatic carbocycles. The predicted octanol–water partition coefficient (Wildman–Crippen LogP) is 2.26. The average molecular weight is 316 g/mol. The lowest BCUT2D eigenvalue weighted by Gasteiger charge is -2.18. The molecule has 1 aromatic rings. The van der Waals surface area contributed by atoms with Crippen molar-refractivity contribution in [2.75, 3.05) is 18.5 Å². The lowest BCUT2D eigenvalue weighted by Crippen LogP contribution is -2.42. The highest BCUT2D eigenvalue weighted by molar-refractivity contribution is 6.13. The maximum Gasteiger partial charge on any atom is 0.240 e. The number of carbonyl (C=O) groups is 2. The number of rotatable bonds is 6. The first-order valence-corrected chi connectivity index (χ1v) is 8.45. The first-order chi connectivity index (χ1) is 11.2. The number of ether oxygens (including phenoxy) is 1. The molecule has 3 rings (SSSR count). The van der Waals surface area contributed by atoms with Gasteiger partial charge in [-0.05, 0) is 43.7 Å². The Labute approximate surface area is 136 Å². The Kier molecular flexibility index (Phi) is 4.66. The molecule has 0 bridgehead atoms. The van der Waals surface area contributed by atoms with Crippen LogP contribution in [0.2, 0.25) is 0 Å². The minimum atomic E-state index is -0.889. The van der Waals surface area contributed by atoms with Crippen molar-refractivity contribution in [1.29, 1.82) is 0 Å². The molecule has 5 heteroatoms. The number of hydrogen-bond acceptors (Lipinski definition) is 3. The normalized spacial score (nSPS) is 21.7. The van der Waals surface area contributed by atoms with Crippen LogP contribution in [-0.2, 0) is 20.7 Å². The number of para-hydroxylation sites is 1. The van der Waals surface area contributed by atoms with Gasteiger partial charge in [0.15, 0.2) is 0 Å². The summed E-state index contributed by atoms with van der Waals surface area (Å²) in [5, 5.41) is 5.84. The van der Waals surface area contributed by atoms with Gasteiger partial charge in [0, 0.05) is 18.8 Å². The third-order valence-corrected chi connectivity index (χ3v) is 4.78. The fourth-order valence-electron chi connectivity index (χ4n) is 3.06. The molecule has 1 atom stereocenters. The highest BCUT2D eigenvalue weighted by atomic mass is 16.5. The number of hydrogen-bond donors (Lipinski definition) is 2. The van der Waals surface area contributed by atoms with Gasteiger partial charge < -0.3 is 15.4 Å². The highest BCUT2D eigenvalue weighted by Crippen LogP contribution is 2.47. The molecular formula is C18H24N2O3. The molecule has 23 heavy (non-hydrogen) atoms. The van der Waals surface area contributed by atoms with Gasteiger partial charge in [0.1, 0.15) is 5.41 Å². The van der Waals surface area contributed by atoms with Crippen LogP contribution in [-0.4, -0.2) is 31.1 Å². The minimum absolute atomic E-state index is 0.0960. The Hall–Kier alpha value is -1.88. The van der Waals surface area contributed by atoms with E-state index in [4.69, 9.17) is 4.74 Å². The van der Waals surface area contributed by atoms with E-state index in [0.717, 1.165) is 37.1 Å². The topological polar surface area (TPSA) is 67.4 Å². The van der Waals surface area contributed by atoms with E-state index in [1.807, 2.05) is 31.2 Å². The molecule has 1 saturated carbocycles. The standard InChI is InChI=1S/C18H24N2O3/c1-2-13-6-3-4-8-15(13)20-17(22)18(9-10-18)16(21)19-12-14-7-5-11-23-14/h3-4,6,8,14H,2,5,7,9-12H2,1H3,(H,19,21)(H,20,22). The smallest absolute Gasteiger partial charge is 0.240 e. The van der Waals surface area contributed by atoms with Gasteiger partial charge >= 0.3 is 0 Å². The van der Waals surface area contributed by atoms with Crippen molar-refractivity contribution in [2.24, 2.45) is 5.41 Å². The Balaban J connectivity index is 1.60. The quantitative estimate of drug-likeness (QED) is 0.791. The summed E-state index contributed by atoms with van der Waals surface area (Å²) in [7, 11) is 0. The second-order valence-corrected chi connectivity index (χ2v) is 6.39. The zero-order chi connectivity index (χ0) is 16.3. The highest BCUT2D eigenvalue weighted by Gasteiger charge is 2.56. The maximum absolute atomic E-state index is 12.6. The van der Waals surface area contributed by atoms with Crippen molar-refractivity contribution in [1.82, 2.24) is 5.32 Å². The van der Waals surface area contributed by atoms with Crippen molar-refractivity contribution in [3.05, 3.63) is 29.8 Å². The second-order valence-electron chi connectivity index (χ2n) is 6.39. The van der Waals surface area contributed by atoms with Crippen LogP contribution in [0.4, 0.5) is 5.69 Å². The molecule has 124 valence electrons. The molecule has 1 unspecified atom stereocenters. The average Bonchev–Trinajstić information content (AvgIpc) is 3.23. The molecule has 2 aliphatic rings. The third-order valence-electron chi connectivity index (χ3n) is 4.78. The number of amides is 2. The van der Waals surface area contributed by atoms with Crippen LogP contribution < -0.4 is 10.6 Å². The molecule has 1 saturated heterocycles. The summed E-state index contributed by atoms with van der Waals surface area (Å²) in [6, 6.07) is 7.73. The summed E-state index contributed by atoms with van der Waals surface area (Å²) in [5.74, 6) is -0.359. The van der Waals surface area contributed by atoms with Crippen LogP contribution in [0.15, 0.2) is 24.3 Å². The number of carbonyl (C=O) groups excluding carboxylic acids is 2. The van der Waals surface area contributed by atoms with Crippen molar-refractivity contribution < 1.29 is 14.3 Å². The largest absolute Gasteiger partial charge is 0.376 e. The van der Waals surface area contributed by atoms with E-state index in [1.54, 1.807) is 0 Å². The second kappa shape index (κ2) is 6.71. The molecule has 1 aromatic carbocycles. The van der Waals surface area contributed by atoms with Crippen molar-refractivity contribution >= 4 is 17.5 Å². The van der Waals surface area contributed by atoms with Crippen molar-refractivity contribution in [2.45, 2.75) is 45.1 Å². The third kappa shape index (κ3) is 3.39. The van der Waals surface area contributed by atoms with Gasteiger partial charge in [-0.1, -0.05) is 25.1 Å². The van der Waals surface area contributed by atoms with Crippen LogP contribution in [0.1, 0.15) is 38.2 Å². The van der Waals surface area contributed by atoms with Crippen LogP contribution >= 0.6 is 0 Å². The summed E-state index contributed by atoms with van der Waals surface area (Å²) in [6.07, 6.45) is 4.19. The van der Waals surface area contributed by atoms with Gasteiger partial charge in [0.2, 0.25) is 11.8 Å². The summed E-state index contributed by atoms with van der Waals surface area (Å²) in [5.41, 5.74) is 0.994. The summed E-state index contributed by atoms with van der Waals surface area (Å²) in [4.78, 5) is 25.0. The molecule has 2 N–H and O–H groups in total. The lowest BCUT2D eigenvalue weighted by atomic mass is 10.0. The van der Waals surface area contributed by atoms with Gasteiger partial charge in [0.25, 0.3) is 0 Å². The maximum atomic E-state index is 12.6. The first-order valence-electron chi connectivity index (χ1n) is 8.45. The summed E-state index contributed by atoms with van der Waals surface area (Å²) >= 11 is 0. The van der Waals surface area contributed by atoms with Crippen molar-refractivity contribution in [3.8, 4) is 0 Å². The lowest BCUT2D eigenvalue weighted by molar-refractivity contribution is -0.134. The molecule has 0 aromatic heterocycles. The molecule has 1 aliphatic heterocycles. The van der Waals surface area contributed by atoms with Crippen LogP contribution in [0.3, 0.4) is 0 Å². The van der Waals surface area contributed by atoms with E-state index in [1.165, 1.54) is 0 Å². The number of anilines is 1. The van der Waals surface area contributed by atoms with E-state index in [-0.39, 0.29) is 17.9 Å². The van der Waals surface area contributed by atoms with E-state index >= 15 is 0 Å². The molecule has 2 fully saturated rings. The molecule has 1 heterocycles. The predicted molar refractivity (Wildman–Crippen MR) is 88.1 cm³/mol. The molecule has 5 nitrogen and oxygen atoms in total. The fraction of sp³-hybridized carbons (Fsp3) is 0.556. The summed E-state index contributed by atoms with van der Waals surface area (Å²) in [6.45, 7) is 3.31. The van der Waals surface area contributed by atoms with Crippen LogP contribution in [0.5, 0.6) is 0 Å². The molecular weight excluding hydrogens is 292 g/mol. The number of benzene rings is 1. The SMILES string of the molecule is CCc1ccccc1NC(=O)C1(C(=O)NCC2CCCO2)CC1. The fourth-order valence-corrected chi connectivity index (χ4v) is 3.06. The monoisotopic (exact) mass is 316 g/mol. The first kappa shape index (κ1) is 16.0. The van der Waals surface area contributed by atoms with E-state index in [9.17, 15) is 9.59 Å². The van der Waals surface area contributed by atoms with Crippen LogP contribution in [0, 0.1) is 5.41 Å². The number of nitrogens with one attached hydrogen (secondary N) is 2. The Morgan fingerprint density at radius 3 is 2.70 bits per heavy atom. The number of aryl methyl sites for hydroxylation is 1. The van der Waals surface area contributed by atoms with E-state index in [0.29, 0.717) is 19.4 Å². The van der Waals surface area contributed by atoms with Gasteiger partial charge in [-0.25, -0.2) is 0 Å². The summed E-state index contributed by atoms with van der Waals surface area (Å²) < 4.78 is 5.51. The minimum Gasteiger partial charge on any atom is -0.376 e. The van der Waals surface area contributed by atoms with Crippen LogP contribution in [0.25, 0.3) is 0 Å². The van der Waals surface area contributed by atoms with Crippen molar-refractivity contribution in [3.63, 3.8) is 0 Å². The van der Waals surface area contributed by atoms with Gasteiger partial charge in [-0.15, -0.1) is 0 Å². The zero-order valence-corrected chi connectivity index (χ0v) is 13.6. The molecule has 0 spiro atoms. The van der Waals surface area contributed by atoms with E-state index < -0.39 is 5.41 Å². The Morgan fingerprint density at radius 1 is 1.26 bits per heavy atom. The zero-order valence-electron chi connectivity index (χ0n) is 13.6. The Bertz CT molecular complexity index is 590. The van der Waals surface area contributed by atoms with Gasteiger partial charge in [-0.2, -0.15) is 0 Å². The van der Waals surface area contributed by atoms with Gasteiger partial charge in [-0.3, -0.25) is 9.59 Å². The molecule has 2 amide bonds. The van der Waals surface area contributed by atoms with E-state index in [2.05, 4.69) is 10.6 Å². The Morgan fingerprint density at radius 2 is 2.04 bits per heavy atom. The molecule has 0 radical (unpaired) electrons. The van der Waals surface area contributed by atoms with Gasteiger partial charge in [0.05, 0.1) is 6.10 Å².